The van der Waals surface area contributed by atoms with Gasteiger partial charge in [-0.25, -0.2) is 0 Å². The molecule has 1 aromatic carbocycles. The van der Waals surface area contributed by atoms with E-state index in [1.165, 1.54) is 16.7 Å². The Hall–Kier alpha value is -2.99. The minimum absolute atomic E-state index is 0.0498. The number of nitrogens with two attached hydrogens (primary N) is 1. The summed E-state index contributed by atoms with van der Waals surface area (Å²) in [5.74, 6) is 0.352. The normalized spacial score (nSPS) is 16.1. The van der Waals surface area contributed by atoms with Gasteiger partial charge in [-0.15, -0.1) is 10.2 Å². The lowest BCUT2D eigenvalue weighted by Gasteiger charge is -2.32. The second-order valence-corrected chi connectivity index (χ2v) is 9.72. The quantitative estimate of drug-likeness (QED) is 0.592. The van der Waals surface area contributed by atoms with Crippen LogP contribution in [0.3, 0.4) is 0 Å². The zero-order chi connectivity index (χ0) is 24.7. The third-order valence-corrected chi connectivity index (χ3v) is 6.43. The standard InChI is InChI=1S/C28H39N5O/c1-6-21(4)23(17-22-10-8-7-9-11-22)18-25(29)27-24(16-20(2)3)19-26(30-31-27)28(34)33-14-12-32(5)13-15-33/h7-11,18-20H,6,12-17,29H2,1-5H3/b23-21+,25-18-. The van der Waals surface area contributed by atoms with Crippen LogP contribution in [0.2, 0.25) is 0 Å². The Morgan fingerprint density at radius 2 is 1.79 bits per heavy atom. The molecule has 2 N–H and O–H groups in total. The highest BCUT2D eigenvalue weighted by atomic mass is 16.2. The highest BCUT2D eigenvalue weighted by Crippen LogP contribution is 2.23. The predicted octanol–water partition coefficient (Wildman–Crippen LogP) is 4.33. The number of likely N-dealkylation sites (N-methyl/N-ethyl adjacent to an activating group) is 1. The van der Waals surface area contributed by atoms with Gasteiger partial charge in [-0.1, -0.05) is 56.7 Å². The van der Waals surface area contributed by atoms with Crippen molar-refractivity contribution in [1.82, 2.24) is 20.0 Å². The molecule has 0 radical (unpaired) electrons. The molecule has 0 atom stereocenters. The lowest BCUT2D eigenvalue weighted by molar-refractivity contribution is 0.0657. The molecule has 34 heavy (non-hydrogen) atoms. The third-order valence-electron chi connectivity index (χ3n) is 6.43. The Kier molecular flexibility index (Phi) is 8.99. The summed E-state index contributed by atoms with van der Waals surface area (Å²) in [5.41, 5.74) is 13.0. The molecule has 0 unspecified atom stereocenters. The minimum Gasteiger partial charge on any atom is -0.397 e. The fourth-order valence-corrected chi connectivity index (χ4v) is 4.17. The molecule has 2 aromatic rings. The molecule has 1 aromatic heterocycles. The summed E-state index contributed by atoms with van der Waals surface area (Å²) in [4.78, 5) is 17.2. The van der Waals surface area contributed by atoms with Crippen LogP contribution >= 0.6 is 0 Å². The van der Waals surface area contributed by atoms with Crippen molar-refractivity contribution in [1.29, 1.82) is 0 Å². The largest absolute Gasteiger partial charge is 0.397 e. The first-order valence-electron chi connectivity index (χ1n) is 12.3. The van der Waals surface area contributed by atoms with Crippen LogP contribution < -0.4 is 5.73 Å². The number of aromatic nitrogens is 2. The summed E-state index contributed by atoms with van der Waals surface area (Å²) in [5, 5.41) is 8.81. The smallest absolute Gasteiger partial charge is 0.274 e. The second kappa shape index (κ2) is 11.9. The average Bonchev–Trinajstić information content (AvgIpc) is 2.83. The highest BCUT2D eigenvalue weighted by Gasteiger charge is 2.23. The zero-order valence-electron chi connectivity index (χ0n) is 21.3. The molecule has 0 aliphatic carbocycles. The third kappa shape index (κ3) is 6.76. The van der Waals surface area contributed by atoms with Crippen molar-refractivity contribution in [3.63, 3.8) is 0 Å². The molecule has 3 rings (SSSR count). The van der Waals surface area contributed by atoms with Gasteiger partial charge < -0.3 is 15.5 Å². The molecular formula is C28H39N5O. The van der Waals surface area contributed by atoms with Crippen LogP contribution in [-0.2, 0) is 12.8 Å². The summed E-state index contributed by atoms with van der Waals surface area (Å²) < 4.78 is 0. The van der Waals surface area contributed by atoms with E-state index < -0.39 is 0 Å². The first kappa shape index (κ1) is 25.6. The Labute approximate surface area is 204 Å². The van der Waals surface area contributed by atoms with Crippen molar-refractivity contribution in [2.45, 2.75) is 47.0 Å². The van der Waals surface area contributed by atoms with Gasteiger partial charge in [-0.3, -0.25) is 4.79 Å². The van der Waals surface area contributed by atoms with E-state index in [1.54, 1.807) is 0 Å². The number of carbonyl (C=O) groups excluding carboxylic acids is 1. The topological polar surface area (TPSA) is 75.3 Å². The summed E-state index contributed by atoms with van der Waals surface area (Å²) in [6.45, 7) is 11.8. The van der Waals surface area contributed by atoms with Crippen molar-refractivity contribution in [3.8, 4) is 0 Å². The number of carbonyl (C=O) groups is 1. The van der Waals surface area contributed by atoms with Gasteiger partial charge in [0.25, 0.3) is 5.91 Å². The maximum absolute atomic E-state index is 13.1. The van der Waals surface area contributed by atoms with Gasteiger partial charge in [0.15, 0.2) is 5.69 Å². The first-order chi connectivity index (χ1) is 16.3. The van der Waals surface area contributed by atoms with E-state index in [-0.39, 0.29) is 5.91 Å². The first-order valence-corrected chi connectivity index (χ1v) is 12.3. The Morgan fingerprint density at radius 3 is 2.41 bits per heavy atom. The van der Waals surface area contributed by atoms with Gasteiger partial charge in [0.1, 0.15) is 5.69 Å². The Morgan fingerprint density at radius 1 is 1.12 bits per heavy atom. The van der Waals surface area contributed by atoms with E-state index in [0.29, 0.717) is 36.1 Å². The molecule has 2 heterocycles. The van der Waals surface area contributed by atoms with Crippen LogP contribution in [0, 0.1) is 5.92 Å². The van der Waals surface area contributed by atoms with Gasteiger partial charge in [-0.05, 0) is 68.0 Å². The highest BCUT2D eigenvalue weighted by molar-refractivity contribution is 5.92. The molecule has 1 amide bonds. The van der Waals surface area contributed by atoms with Crippen molar-refractivity contribution < 1.29 is 4.79 Å². The number of amides is 1. The fraction of sp³-hybridized carbons (Fsp3) is 0.464. The monoisotopic (exact) mass is 461 g/mol. The Bertz CT molecular complexity index is 1030. The van der Waals surface area contributed by atoms with Gasteiger partial charge in [0.2, 0.25) is 0 Å². The average molecular weight is 462 g/mol. The number of hydrogen-bond acceptors (Lipinski definition) is 5. The molecular weight excluding hydrogens is 422 g/mol. The van der Waals surface area contributed by atoms with E-state index in [2.05, 4.69) is 74.1 Å². The molecule has 0 bridgehead atoms. The van der Waals surface area contributed by atoms with E-state index in [9.17, 15) is 4.79 Å². The van der Waals surface area contributed by atoms with Gasteiger partial charge in [0, 0.05) is 26.2 Å². The number of piperazine rings is 1. The molecule has 1 saturated heterocycles. The molecule has 6 heteroatoms. The van der Waals surface area contributed by atoms with E-state index in [1.807, 2.05) is 23.1 Å². The molecule has 1 aliphatic rings. The van der Waals surface area contributed by atoms with Crippen LogP contribution in [0.5, 0.6) is 0 Å². The van der Waals surface area contributed by atoms with Gasteiger partial charge >= 0.3 is 0 Å². The summed E-state index contributed by atoms with van der Waals surface area (Å²) in [6.07, 6.45) is 4.59. The second-order valence-electron chi connectivity index (χ2n) is 9.72. The lowest BCUT2D eigenvalue weighted by Crippen LogP contribution is -2.47. The predicted molar refractivity (Wildman–Crippen MR) is 139 cm³/mol. The van der Waals surface area contributed by atoms with Crippen LogP contribution in [0.4, 0.5) is 0 Å². The Balaban J connectivity index is 1.93. The zero-order valence-corrected chi connectivity index (χ0v) is 21.3. The number of benzene rings is 1. The summed E-state index contributed by atoms with van der Waals surface area (Å²) >= 11 is 0. The van der Waals surface area contributed by atoms with Crippen molar-refractivity contribution in [3.05, 3.63) is 76.1 Å². The molecule has 1 aliphatic heterocycles. The maximum Gasteiger partial charge on any atom is 0.274 e. The fourth-order valence-electron chi connectivity index (χ4n) is 4.17. The molecule has 182 valence electrons. The minimum atomic E-state index is -0.0498. The lowest BCUT2D eigenvalue weighted by atomic mass is 9.96. The molecule has 1 fully saturated rings. The number of nitrogens with zero attached hydrogens (tertiary/aromatic N) is 4. The van der Waals surface area contributed by atoms with E-state index >= 15 is 0 Å². The van der Waals surface area contributed by atoms with Crippen molar-refractivity contribution in [2.24, 2.45) is 11.7 Å². The van der Waals surface area contributed by atoms with Gasteiger partial charge in [0.05, 0.1) is 5.70 Å². The van der Waals surface area contributed by atoms with Gasteiger partial charge in [-0.2, -0.15) is 0 Å². The number of allylic oxidation sites excluding steroid dienone is 3. The van der Waals surface area contributed by atoms with E-state index in [0.717, 1.165) is 37.9 Å². The number of rotatable bonds is 8. The number of hydrogen-bond donors (Lipinski definition) is 1. The summed E-state index contributed by atoms with van der Waals surface area (Å²) in [7, 11) is 2.08. The molecule has 6 nitrogen and oxygen atoms in total. The van der Waals surface area contributed by atoms with E-state index in [4.69, 9.17) is 5.73 Å². The molecule has 0 spiro atoms. The van der Waals surface area contributed by atoms with Crippen LogP contribution in [0.15, 0.2) is 53.6 Å². The van der Waals surface area contributed by atoms with Crippen LogP contribution in [0.25, 0.3) is 5.70 Å². The summed E-state index contributed by atoms with van der Waals surface area (Å²) in [6, 6.07) is 12.3. The maximum atomic E-state index is 13.1. The SMILES string of the molecule is CC/C(C)=C(/C=C(\N)c1nnc(C(=O)N2CCN(C)CC2)cc1CC(C)C)Cc1ccccc1. The molecule has 0 saturated carbocycles. The van der Waals surface area contributed by atoms with Crippen molar-refractivity contribution in [2.75, 3.05) is 33.2 Å². The van der Waals surface area contributed by atoms with Crippen LogP contribution in [0.1, 0.15) is 61.4 Å². The van der Waals surface area contributed by atoms with Crippen molar-refractivity contribution >= 4 is 11.6 Å². The van der Waals surface area contributed by atoms with Crippen LogP contribution in [-0.4, -0.2) is 59.1 Å².